The van der Waals surface area contributed by atoms with E-state index >= 15 is 0 Å². The van der Waals surface area contributed by atoms with Crippen LogP contribution >= 0.6 is 11.6 Å². The van der Waals surface area contributed by atoms with E-state index in [4.69, 9.17) is 11.6 Å². The Labute approximate surface area is 116 Å². The Balaban J connectivity index is 2.02. The van der Waals surface area contributed by atoms with E-state index in [0.717, 1.165) is 18.7 Å². The first-order chi connectivity index (χ1) is 9.29. The van der Waals surface area contributed by atoms with Crippen LogP contribution in [0.1, 0.15) is 19.0 Å². The lowest BCUT2D eigenvalue weighted by Crippen LogP contribution is -2.08. The third-order valence-corrected chi connectivity index (χ3v) is 2.62. The number of hydrogen-bond donors (Lipinski definition) is 2. The molecule has 2 N–H and O–H groups in total. The van der Waals surface area contributed by atoms with Gasteiger partial charge in [0.1, 0.15) is 5.02 Å². The van der Waals surface area contributed by atoms with Crippen molar-refractivity contribution in [2.24, 2.45) is 0 Å². The SMILES string of the molecule is CCCNc1ncc(Cl)c(NCc2cccnn2)n1. The van der Waals surface area contributed by atoms with Crippen LogP contribution in [0.15, 0.2) is 24.5 Å². The van der Waals surface area contributed by atoms with Crippen LogP contribution in [0.3, 0.4) is 0 Å². The minimum absolute atomic E-state index is 0.478. The molecule has 0 atom stereocenters. The highest BCUT2D eigenvalue weighted by atomic mass is 35.5. The van der Waals surface area contributed by atoms with Crippen molar-refractivity contribution in [2.45, 2.75) is 19.9 Å². The van der Waals surface area contributed by atoms with Crippen molar-refractivity contribution in [2.75, 3.05) is 17.2 Å². The molecule has 2 rings (SSSR count). The predicted molar refractivity (Wildman–Crippen MR) is 75.2 cm³/mol. The normalized spacial score (nSPS) is 10.2. The monoisotopic (exact) mass is 278 g/mol. The van der Waals surface area contributed by atoms with Gasteiger partial charge in [0.2, 0.25) is 5.95 Å². The Morgan fingerprint density at radius 2 is 2.21 bits per heavy atom. The predicted octanol–water partition coefficient (Wildman–Crippen LogP) is 2.35. The third kappa shape index (κ3) is 4.03. The molecule has 0 aliphatic rings. The van der Waals surface area contributed by atoms with Gasteiger partial charge in [-0.15, -0.1) is 0 Å². The molecule has 19 heavy (non-hydrogen) atoms. The van der Waals surface area contributed by atoms with Gasteiger partial charge in [0.05, 0.1) is 18.4 Å². The molecule has 2 heterocycles. The van der Waals surface area contributed by atoms with Crippen molar-refractivity contribution >= 4 is 23.4 Å². The summed E-state index contributed by atoms with van der Waals surface area (Å²) < 4.78 is 0. The summed E-state index contributed by atoms with van der Waals surface area (Å²) >= 11 is 6.05. The molecule has 0 unspecified atom stereocenters. The summed E-state index contributed by atoms with van der Waals surface area (Å²) in [7, 11) is 0. The molecule has 2 aromatic heterocycles. The highest BCUT2D eigenvalue weighted by molar-refractivity contribution is 6.32. The molecule has 100 valence electrons. The van der Waals surface area contributed by atoms with Crippen molar-refractivity contribution in [1.29, 1.82) is 0 Å². The molecule has 0 amide bonds. The van der Waals surface area contributed by atoms with E-state index in [1.807, 2.05) is 12.1 Å². The van der Waals surface area contributed by atoms with E-state index in [-0.39, 0.29) is 0 Å². The zero-order valence-electron chi connectivity index (χ0n) is 10.6. The van der Waals surface area contributed by atoms with Crippen molar-refractivity contribution in [1.82, 2.24) is 20.2 Å². The van der Waals surface area contributed by atoms with Gasteiger partial charge < -0.3 is 10.6 Å². The van der Waals surface area contributed by atoms with Gasteiger partial charge in [0.15, 0.2) is 5.82 Å². The maximum absolute atomic E-state index is 6.05. The van der Waals surface area contributed by atoms with Crippen molar-refractivity contribution in [3.8, 4) is 0 Å². The maximum Gasteiger partial charge on any atom is 0.224 e. The Bertz CT molecular complexity index is 519. The van der Waals surface area contributed by atoms with Gasteiger partial charge >= 0.3 is 0 Å². The molecule has 0 aromatic carbocycles. The number of halogens is 1. The topological polar surface area (TPSA) is 75.6 Å². The average molecular weight is 279 g/mol. The van der Waals surface area contributed by atoms with Gasteiger partial charge in [0.25, 0.3) is 0 Å². The Morgan fingerprint density at radius 3 is 2.95 bits per heavy atom. The molecule has 0 saturated carbocycles. The van der Waals surface area contributed by atoms with Crippen LogP contribution < -0.4 is 10.6 Å². The molecule has 0 spiro atoms. The summed E-state index contributed by atoms with van der Waals surface area (Å²) in [6.07, 6.45) is 4.22. The molecule has 6 nitrogen and oxygen atoms in total. The average Bonchev–Trinajstić information content (AvgIpc) is 2.46. The van der Waals surface area contributed by atoms with Crippen LogP contribution in [0.4, 0.5) is 11.8 Å². The first-order valence-electron chi connectivity index (χ1n) is 6.06. The highest BCUT2D eigenvalue weighted by Gasteiger charge is 2.05. The number of aromatic nitrogens is 4. The number of anilines is 2. The largest absolute Gasteiger partial charge is 0.363 e. The molecule has 2 aromatic rings. The molecule has 0 aliphatic carbocycles. The molecule has 0 radical (unpaired) electrons. The zero-order chi connectivity index (χ0) is 13.5. The summed E-state index contributed by atoms with van der Waals surface area (Å²) in [4.78, 5) is 8.42. The second kappa shape index (κ2) is 6.84. The summed E-state index contributed by atoms with van der Waals surface area (Å²) in [5.74, 6) is 1.15. The van der Waals surface area contributed by atoms with E-state index < -0.39 is 0 Å². The second-order valence-corrected chi connectivity index (χ2v) is 4.29. The van der Waals surface area contributed by atoms with Gasteiger partial charge in [-0.3, -0.25) is 0 Å². The number of hydrogen-bond acceptors (Lipinski definition) is 6. The summed E-state index contributed by atoms with van der Waals surface area (Å²) in [6.45, 7) is 3.42. The molecule has 0 saturated heterocycles. The van der Waals surface area contributed by atoms with E-state index in [1.165, 1.54) is 0 Å². The lowest BCUT2D eigenvalue weighted by molar-refractivity contribution is 0.915. The Hall–Kier alpha value is -1.95. The molecular formula is C12H15ClN6. The van der Waals surface area contributed by atoms with Crippen molar-refractivity contribution < 1.29 is 0 Å². The number of nitrogens with zero attached hydrogens (tertiary/aromatic N) is 4. The van der Waals surface area contributed by atoms with Crippen LogP contribution in [0, 0.1) is 0 Å². The van der Waals surface area contributed by atoms with Gasteiger partial charge in [0, 0.05) is 12.7 Å². The minimum atomic E-state index is 0.478. The van der Waals surface area contributed by atoms with Crippen LogP contribution in [0.2, 0.25) is 5.02 Å². The van der Waals surface area contributed by atoms with E-state index in [1.54, 1.807) is 12.4 Å². The molecular weight excluding hydrogens is 264 g/mol. The van der Waals surface area contributed by atoms with Crippen LogP contribution in [-0.2, 0) is 6.54 Å². The summed E-state index contributed by atoms with van der Waals surface area (Å²) in [6, 6.07) is 3.71. The fraction of sp³-hybridized carbons (Fsp3) is 0.333. The van der Waals surface area contributed by atoms with Crippen LogP contribution in [-0.4, -0.2) is 26.7 Å². The highest BCUT2D eigenvalue weighted by Crippen LogP contribution is 2.19. The van der Waals surface area contributed by atoms with E-state index in [2.05, 4.69) is 37.7 Å². The first kappa shape index (κ1) is 13.5. The number of rotatable bonds is 6. The summed E-state index contributed by atoms with van der Waals surface area (Å²) in [5, 5.41) is 14.5. The molecule has 0 fully saturated rings. The van der Waals surface area contributed by atoms with Crippen LogP contribution in [0.25, 0.3) is 0 Å². The quantitative estimate of drug-likeness (QED) is 0.845. The Morgan fingerprint density at radius 1 is 1.32 bits per heavy atom. The fourth-order valence-corrected chi connectivity index (χ4v) is 1.57. The van der Waals surface area contributed by atoms with Gasteiger partial charge in [-0.05, 0) is 18.6 Å². The van der Waals surface area contributed by atoms with E-state index in [9.17, 15) is 0 Å². The molecule has 0 bridgehead atoms. The number of nitrogens with one attached hydrogen (secondary N) is 2. The first-order valence-corrected chi connectivity index (χ1v) is 6.44. The minimum Gasteiger partial charge on any atom is -0.363 e. The molecule has 7 heteroatoms. The van der Waals surface area contributed by atoms with Gasteiger partial charge in [-0.25, -0.2) is 4.98 Å². The lowest BCUT2D eigenvalue weighted by Gasteiger charge is -2.09. The van der Waals surface area contributed by atoms with Crippen molar-refractivity contribution in [3.05, 3.63) is 35.2 Å². The van der Waals surface area contributed by atoms with Crippen LogP contribution in [0.5, 0.6) is 0 Å². The van der Waals surface area contributed by atoms with Gasteiger partial charge in [-0.2, -0.15) is 15.2 Å². The van der Waals surface area contributed by atoms with E-state index in [0.29, 0.717) is 23.3 Å². The second-order valence-electron chi connectivity index (χ2n) is 3.89. The zero-order valence-corrected chi connectivity index (χ0v) is 11.4. The standard InChI is InChI=1S/C12H15ClN6/c1-2-5-14-12-16-8-10(13)11(18-12)15-7-9-4-3-6-17-19-9/h3-4,6,8H,2,5,7H2,1H3,(H2,14,15,16,18). The lowest BCUT2D eigenvalue weighted by atomic mass is 10.4. The summed E-state index contributed by atoms with van der Waals surface area (Å²) in [5.41, 5.74) is 0.820. The smallest absolute Gasteiger partial charge is 0.224 e. The van der Waals surface area contributed by atoms with Gasteiger partial charge in [-0.1, -0.05) is 18.5 Å². The fourth-order valence-electron chi connectivity index (χ4n) is 1.42. The molecule has 0 aliphatic heterocycles. The third-order valence-electron chi connectivity index (χ3n) is 2.34. The van der Waals surface area contributed by atoms with Crippen molar-refractivity contribution in [3.63, 3.8) is 0 Å². The maximum atomic E-state index is 6.05. The Kier molecular flexibility index (Phi) is 4.85.